The Morgan fingerprint density at radius 2 is 1.96 bits per heavy atom. The molecule has 0 aromatic carbocycles. The van der Waals surface area contributed by atoms with Gasteiger partial charge in [0.1, 0.15) is 6.23 Å². The number of aromatic nitrogens is 2. The van der Waals surface area contributed by atoms with E-state index in [1.165, 1.54) is 12.3 Å². The molecule has 1 aliphatic rings. The molecule has 0 amide bonds. The minimum Gasteiger partial charge on any atom is -0.352 e. The molecule has 1 saturated heterocycles. The molecule has 1 aromatic rings. The zero-order chi connectivity index (χ0) is 19.0. The van der Waals surface area contributed by atoms with E-state index in [1.807, 2.05) is 13.8 Å². The van der Waals surface area contributed by atoms with E-state index in [4.69, 9.17) is 31.3 Å². The Morgan fingerprint density at radius 3 is 2.52 bits per heavy atom. The van der Waals surface area contributed by atoms with Gasteiger partial charge in [0.05, 0.1) is 12.7 Å². The van der Waals surface area contributed by atoms with Crippen LogP contribution in [-0.4, -0.2) is 42.8 Å². The molecule has 5 atom stereocenters. The van der Waals surface area contributed by atoms with Gasteiger partial charge in [-0.25, -0.2) is 0 Å². The van der Waals surface area contributed by atoms with Crippen LogP contribution in [0.5, 0.6) is 0 Å². The smallest absolute Gasteiger partial charge is 0.340 e. The maximum absolute atomic E-state index is 11.7. The Balaban J connectivity index is 2.09. The third-order valence-electron chi connectivity index (χ3n) is 4.11. The Hall–Kier alpha value is -0.640. The molecule has 1 aromatic heterocycles. The van der Waals surface area contributed by atoms with Crippen LogP contribution in [0.25, 0.3) is 0 Å². The topological polar surface area (TPSA) is 151 Å². The fourth-order valence-corrected chi connectivity index (χ4v) is 5.46. The van der Waals surface area contributed by atoms with Gasteiger partial charge in [0.2, 0.25) is 0 Å². The molecule has 5 unspecified atom stereocenters. The zero-order valence-electron chi connectivity index (χ0n) is 13.5. The van der Waals surface area contributed by atoms with E-state index in [9.17, 15) is 18.8 Å². The van der Waals surface area contributed by atoms with Crippen molar-refractivity contribution in [3.8, 4) is 0 Å². The van der Waals surface area contributed by atoms with Crippen LogP contribution in [0, 0.1) is 16.6 Å². The summed E-state index contributed by atoms with van der Waals surface area (Å²) in [5.74, 6) is -1.38. The molecular formula is C12H20N2O8P2S. The Labute approximate surface area is 148 Å². The number of H-pyrrole nitrogens is 1. The lowest BCUT2D eigenvalue weighted by Crippen LogP contribution is -2.22. The minimum atomic E-state index is -4.68. The molecule has 0 saturated carbocycles. The van der Waals surface area contributed by atoms with E-state index < -0.39 is 33.4 Å². The molecule has 1 aliphatic heterocycles. The summed E-state index contributed by atoms with van der Waals surface area (Å²) in [6, 6.07) is 1.31. The summed E-state index contributed by atoms with van der Waals surface area (Å²) < 4.78 is 35.1. The number of hydrogen-bond donors (Lipinski definition) is 4. The lowest BCUT2D eigenvalue weighted by molar-refractivity contribution is -0.0335. The van der Waals surface area contributed by atoms with E-state index in [2.05, 4.69) is 4.98 Å². The van der Waals surface area contributed by atoms with Crippen molar-refractivity contribution >= 4 is 27.4 Å². The van der Waals surface area contributed by atoms with Crippen molar-refractivity contribution in [2.45, 2.75) is 26.2 Å². The van der Waals surface area contributed by atoms with Crippen LogP contribution in [0.1, 0.15) is 20.1 Å². The van der Waals surface area contributed by atoms with E-state index in [0.29, 0.717) is 0 Å². The molecular weight excluding hydrogens is 394 g/mol. The molecule has 0 aliphatic carbocycles. The number of ether oxygens (including phenoxy) is 1. The fourth-order valence-electron chi connectivity index (χ4n) is 2.63. The van der Waals surface area contributed by atoms with Gasteiger partial charge in [-0.2, -0.15) is 0 Å². The second-order valence-corrected chi connectivity index (χ2v) is 10.4. The quantitative estimate of drug-likeness (QED) is 0.400. The van der Waals surface area contributed by atoms with Crippen LogP contribution >= 0.6 is 27.4 Å². The van der Waals surface area contributed by atoms with Crippen LogP contribution < -0.4 is 5.56 Å². The standard InChI is InChI=1S/C12H20N2O8P2S/c1-7-8(2)11(14-4-3-10(15)13-12(14)25)22-9(7)5-21-24(19,20)6-23(16,17)18/h3-4,7-9,11H,5-6H2,1-2H3,(H,19,20)(H,13,15,25)(H2,16,17,18). The number of rotatable bonds is 6. The Kier molecular flexibility index (Phi) is 6.23. The number of nitrogens with zero attached hydrogens (tertiary/aromatic N) is 1. The predicted octanol–water partition coefficient (Wildman–Crippen LogP) is 1.41. The summed E-state index contributed by atoms with van der Waals surface area (Å²) in [6.45, 7) is 3.46. The van der Waals surface area contributed by atoms with Gasteiger partial charge >= 0.3 is 15.2 Å². The summed E-state index contributed by atoms with van der Waals surface area (Å²) in [5.41, 5.74) is -0.335. The van der Waals surface area contributed by atoms with Crippen molar-refractivity contribution in [3.05, 3.63) is 27.4 Å². The summed E-state index contributed by atoms with van der Waals surface area (Å²) in [5, 5.41) is 0. The molecule has 10 nitrogen and oxygen atoms in total. The van der Waals surface area contributed by atoms with Gasteiger partial charge in [-0.05, 0) is 18.1 Å². The summed E-state index contributed by atoms with van der Waals surface area (Å²) in [4.78, 5) is 40.9. The zero-order valence-corrected chi connectivity index (χ0v) is 16.1. The van der Waals surface area contributed by atoms with Gasteiger partial charge in [-0.1, -0.05) is 13.8 Å². The molecule has 13 heteroatoms. The molecule has 2 heterocycles. The highest BCUT2D eigenvalue weighted by Gasteiger charge is 2.42. The number of aromatic amines is 1. The van der Waals surface area contributed by atoms with Crippen LogP contribution in [0.4, 0.5) is 0 Å². The second-order valence-electron chi connectivity index (χ2n) is 6.04. The van der Waals surface area contributed by atoms with Crippen LogP contribution in [-0.2, 0) is 18.4 Å². The third kappa shape index (κ3) is 5.42. The van der Waals surface area contributed by atoms with Crippen molar-refractivity contribution in [2.24, 2.45) is 11.8 Å². The van der Waals surface area contributed by atoms with E-state index >= 15 is 0 Å². The molecule has 1 fully saturated rings. The van der Waals surface area contributed by atoms with Crippen molar-refractivity contribution in [3.63, 3.8) is 0 Å². The van der Waals surface area contributed by atoms with Gasteiger partial charge in [0.25, 0.3) is 5.56 Å². The molecule has 0 bridgehead atoms. The van der Waals surface area contributed by atoms with Gasteiger partial charge in [-0.15, -0.1) is 0 Å². The average molecular weight is 414 g/mol. The molecule has 142 valence electrons. The summed E-state index contributed by atoms with van der Waals surface area (Å²) in [7, 11) is -9.12. The molecule has 0 radical (unpaired) electrons. The van der Waals surface area contributed by atoms with Gasteiger partial charge < -0.3 is 23.9 Å². The maximum atomic E-state index is 11.7. The first kappa shape index (κ1) is 20.7. The minimum absolute atomic E-state index is 0.0499. The number of nitrogens with one attached hydrogen (secondary N) is 1. The van der Waals surface area contributed by atoms with Crippen molar-refractivity contribution in [1.29, 1.82) is 0 Å². The highest BCUT2D eigenvalue weighted by Crippen LogP contribution is 2.55. The van der Waals surface area contributed by atoms with E-state index in [-0.39, 0.29) is 28.8 Å². The van der Waals surface area contributed by atoms with Gasteiger partial charge in [0.15, 0.2) is 10.7 Å². The normalized spacial score (nSPS) is 29.5. The highest BCUT2D eigenvalue weighted by molar-refractivity contribution is 7.71. The summed E-state index contributed by atoms with van der Waals surface area (Å²) >= 11 is 5.11. The van der Waals surface area contributed by atoms with Crippen LogP contribution in [0.2, 0.25) is 0 Å². The van der Waals surface area contributed by atoms with Crippen molar-refractivity contribution in [2.75, 3.05) is 12.5 Å². The molecule has 0 spiro atoms. The molecule has 2 rings (SSSR count). The van der Waals surface area contributed by atoms with E-state index in [1.54, 1.807) is 4.57 Å². The van der Waals surface area contributed by atoms with Crippen molar-refractivity contribution < 1.29 is 33.1 Å². The van der Waals surface area contributed by atoms with Gasteiger partial charge in [-0.3, -0.25) is 23.5 Å². The third-order valence-corrected chi connectivity index (χ3v) is 7.88. The number of hydrogen-bond acceptors (Lipinski definition) is 6. The first-order chi connectivity index (χ1) is 11.4. The summed E-state index contributed by atoms with van der Waals surface area (Å²) in [6.07, 6.45) is 0.419. The first-order valence-electron chi connectivity index (χ1n) is 7.37. The molecule has 25 heavy (non-hydrogen) atoms. The average Bonchev–Trinajstić information content (AvgIpc) is 2.71. The fraction of sp³-hybridized carbons (Fsp3) is 0.667. The van der Waals surface area contributed by atoms with Crippen molar-refractivity contribution in [1.82, 2.24) is 9.55 Å². The first-order valence-corrected chi connectivity index (χ1v) is 11.3. The SMILES string of the molecule is CC1C(COP(=O)(O)CP(=O)(O)O)OC(n2ccc(=O)[nH]c2=S)C1C. The monoisotopic (exact) mass is 414 g/mol. The second kappa shape index (κ2) is 7.54. The highest BCUT2D eigenvalue weighted by atomic mass is 32.1. The van der Waals surface area contributed by atoms with Crippen LogP contribution in [0.15, 0.2) is 17.1 Å². The lowest BCUT2D eigenvalue weighted by atomic mass is 9.93. The Bertz CT molecular complexity index is 833. The lowest BCUT2D eigenvalue weighted by Gasteiger charge is -2.19. The molecule has 4 N–H and O–H groups in total. The van der Waals surface area contributed by atoms with E-state index in [0.717, 1.165) is 0 Å². The predicted molar refractivity (Wildman–Crippen MR) is 90.8 cm³/mol. The Morgan fingerprint density at radius 1 is 1.32 bits per heavy atom. The maximum Gasteiger partial charge on any atom is 0.340 e. The van der Waals surface area contributed by atoms with Crippen LogP contribution in [0.3, 0.4) is 0 Å². The van der Waals surface area contributed by atoms with Gasteiger partial charge in [0, 0.05) is 18.2 Å². The largest absolute Gasteiger partial charge is 0.352 e.